The monoisotopic (exact) mass is 360 g/mol. The third-order valence-corrected chi connectivity index (χ3v) is 5.82. The lowest BCUT2D eigenvalue weighted by molar-refractivity contribution is 0.0406. The van der Waals surface area contributed by atoms with Gasteiger partial charge in [-0.15, -0.1) is 0 Å². The second-order valence-electron chi connectivity index (χ2n) is 7.99. The molecule has 0 radical (unpaired) electrons. The summed E-state index contributed by atoms with van der Waals surface area (Å²) >= 11 is 0. The van der Waals surface area contributed by atoms with Crippen LogP contribution in [0.2, 0.25) is 0 Å². The zero-order valence-electron chi connectivity index (χ0n) is 15.9. The van der Waals surface area contributed by atoms with E-state index in [2.05, 4.69) is 6.92 Å². The van der Waals surface area contributed by atoms with E-state index in [1.54, 1.807) is 0 Å². The van der Waals surface area contributed by atoms with E-state index < -0.39 is 0 Å². The Hall–Kier alpha value is -0.200. The summed E-state index contributed by atoms with van der Waals surface area (Å²) in [5, 5.41) is 44.3. The number of aliphatic hydroxyl groups excluding tert-OH is 5. The van der Waals surface area contributed by atoms with Crippen molar-refractivity contribution in [1.29, 1.82) is 0 Å². The smallest absolute Gasteiger partial charge is 0.0565 e. The number of hydrogen-bond donors (Lipinski definition) is 5. The number of hydrogen-bond acceptors (Lipinski definition) is 5. The maximum Gasteiger partial charge on any atom is 0.0565 e. The quantitative estimate of drug-likeness (QED) is 0.520. The highest BCUT2D eigenvalue weighted by atomic mass is 16.3. The molecule has 0 heterocycles. The second kappa shape index (κ2) is 13.0. The van der Waals surface area contributed by atoms with Crippen LogP contribution in [0.25, 0.3) is 0 Å². The molecule has 0 bridgehead atoms. The topological polar surface area (TPSA) is 101 Å². The van der Waals surface area contributed by atoms with Crippen LogP contribution in [0.3, 0.4) is 0 Å². The van der Waals surface area contributed by atoms with Crippen molar-refractivity contribution in [1.82, 2.24) is 0 Å². The Kier molecular flexibility index (Phi) is 11.9. The highest BCUT2D eigenvalue weighted by molar-refractivity contribution is 4.73. The first-order valence-corrected chi connectivity index (χ1v) is 10.3. The lowest BCUT2D eigenvalue weighted by Gasteiger charge is -2.28. The van der Waals surface area contributed by atoms with Gasteiger partial charge in [0.2, 0.25) is 0 Å². The summed E-state index contributed by atoms with van der Waals surface area (Å²) in [6.45, 7) is 2.65. The fourth-order valence-corrected chi connectivity index (χ4v) is 4.14. The largest absolute Gasteiger partial charge is 0.396 e. The van der Waals surface area contributed by atoms with E-state index in [1.165, 1.54) is 32.1 Å². The van der Waals surface area contributed by atoms with Crippen LogP contribution >= 0.6 is 0 Å². The zero-order valence-corrected chi connectivity index (χ0v) is 15.9. The van der Waals surface area contributed by atoms with Gasteiger partial charge in [-0.05, 0) is 63.2 Å². The molecule has 6 unspecified atom stereocenters. The summed E-state index contributed by atoms with van der Waals surface area (Å²) in [4.78, 5) is 0. The van der Waals surface area contributed by atoms with E-state index in [4.69, 9.17) is 25.5 Å². The first kappa shape index (κ1) is 22.8. The molecule has 150 valence electrons. The van der Waals surface area contributed by atoms with Gasteiger partial charge in [0.15, 0.2) is 0 Å². The van der Waals surface area contributed by atoms with Crippen molar-refractivity contribution >= 4 is 0 Å². The molecule has 5 N–H and O–H groups in total. The molecular weight excluding hydrogens is 320 g/mol. The molecule has 25 heavy (non-hydrogen) atoms. The van der Waals surface area contributed by atoms with Crippen molar-refractivity contribution in [3.05, 3.63) is 0 Å². The molecule has 3 aliphatic carbocycles. The molecule has 5 nitrogen and oxygen atoms in total. The highest BCUT2D eigenvalue weighted by Crippen LogP contribution is 2.31. The van der Waals surface area contributed by atoms with Crippen LogP contribution in [0.1, 0.15) is 84.0 Å². The lowest BCUT2D eigenvalue weighted by atomic mass is 9.78. The molecule has 0 amide bonds. The van der Waals surface area contributed by atoms with Crippen molar-refractivity contribution in [2.45, 2.75) is 108 Å². The molecule has 6 atom stereocenters. The lowest BCUT2D eigenvalue weighted by Crippen LogP contribution is -2.22. The van der Waals surface area contributed by atoms with Crippen LogP contribution in [0.4, 0.5) is 0 Å². The Labute approximate surface area is 153 Å². The summed E-state index contributed by atoms with van der Waals surface area (Å²) < 4.78 is 0. The SMILES string of the molecule is CCC1CCCCC1CO.OC1CCC(O)C1.OC1CCCC(O)C1. The minimum atomic E-state index is -0.237. The van der Waals surface area contributed by atoms with Crippen molar-refractivity contribution < 1.29 is 25.5 Å². The third-order valence-electron chi connectivity index (χ3n) is 5.82. The molecule has 3 fully saturated rings. The fraction of sp³-hybridized carbons (Fsp3) is 1.00. The van der Waals surface area contributed by atoms with E-state index in [9.17, 15) is 0 Å². The minimum absolute atomic E-state index is 0.227. The predicted molar refractivity (Wildman–Crippen MR) is 99.2 cm³/mol. The Morgan fingerprint density at radius 1 is 0.600 bits per heavy atom. The maximum atomic E-state index is 8.99. The molecule has 3 saturated carbocycles. The van der Waals surface area contributed by atoms with Crippen molar-refractivity contribution in [3.63, 3.8) is 0 Å². The Balaban J connectivity index is 0.000000191. The van der Waals surface area contributed by atoms with Gasteiger partial charge in [-0.2, -0.15) is 0 Å². The van der Waals surface area contributed by atoms with Crippen LogP contribution in [0, 0.1) is 11.8 Å². The van der Waals surface area contributed by atoms with Crippen molar-refractivity contribution in [2.75, 3.05) is 6.61 Å². The molecule has 3 rings (SSSR count). The zero-order chi connectivity index (χ0) is 18.7. The van der Waals surface area contributed by atoms with Crippen molar-refractivity contribution in [3.8, 4) is 0 Å². The molecule has 0 aromatic carbocycles. The van der Waals surface area contributed by atoms with Crippen molar-refractivity contribution in [2.24, 2.45) is 11.8 Å². The van der Waals surface area contributed by atoms with Gasteiger partial charge in [-0.1, -0.05) is 32.6 Å². The molecule has 0 aromatic rings. The van der Waals surface area contributed by atoms with Crippen LogP contribution in [-0.2, 0) is 0 Å². The van der Waals surface area contributed by atoms with Gasteiger partial charge in [0.25, 0.3) is 0 Å². The first-order valence-electron chi connectivity index (χ1n) is 10.3. The molecule has 0 aromatic heterocycles. The molecular formula is C20H40O5. The second-order valence-corrected chi connectivity index (χ2v) is 7.99. The Morgan fingerprint density at radius 3 is 1.32 bits per heavy atom. The minimum Gasteiger partial charge on any atom is -0.396 e. The number of aliphatic hydroxyl groups is 5. The average molecular weight is 361 g/mol. The summed E-state index contributed by atoms with van der Waals surface area (Å²) in [6.07, 6.45) is 11.1. The average Bonchev–Trinajstić information content (AvgIpc) is 2.98. The van der Waals surface area contributed by atoms with Gasteiger partial charge in [0, 0.05) is 6.61 Å². The first-order chi connectivity index (χ1) is 12.0. The third kappa shape index (κ3) is 9.90. The van der Waals surface area contributed by atoms with Crippen LogP contribution < -0.4 is 0 Å². The van der Waals surface area contributed by atoms with Gasteiger partial charge < -0.3 is 25.5 Å². The van der Waals surface area contributed by atoms with E-state index in [0.717, 1.165) is 38.0 Å². The van der Waals surface area contributed by atoms with Gasteiger partial charge >= 0.3 is 0 Å². The van der Waals surface area contributed by atoms with E-state index in [1.807, 2.05) is 0 Å². The van der Waals surface area contributed by atoms with Crippen LogP contribution in [0.15, 0.2) is 0 Å². The van der Waals surface area contributed by atoms with Crippen LogP contribution in [-0.4, -0.2) is 56.6 Å². The Morgan fingerprint density at radius 2 is 1.04 bits per heavy atom. The van der Waals surface area contributed by atoms with Crippen LogP contribution in [0.5, 0.6) is 0 Å². The van der Waals surface area contributed by atoms with E-state index >= 15 is 0 Å². The van der Waals surface area contributed by atoms with E-state index in [0.29, 0.717) is 25.4 Å². The predicted octanol–water partition coefficient (Wildman–Crippen LogP) is 2.37. The summed E-state index contributed by atoms with van der Waals surface area (Å²) in [5.74, 6) is 1.44. The summed E-state index contributed by atoms with van der Waals surface area (Å²) in [6, 6.07) is 0. The van der Waals surface area contributed by atoms with E-state index in [-0.39, 0.29) is 24.4 Å². The highest BCUT2D eigenvalue weighted by Gasteiger charge is 2.22. The van der Waals surface area contributed by atoms with Gasteiger partial charge in [-0.25, -0.2) is 0 Å². The van der Waals surface area contributed by atoms with Gasteiger partial charge in [0.1, 0.15) is 0 Å². The number of rotatable bonds is 2. The molecule has 5 heteroatoms. The Bertz CT molecular complexity index is 297. The van der Waals surface area contributed by atoms with Gasteiger partial charge in [-0.3, -0.25) is 0 Å². The molecule has 3 aliphatic rings. The van der Waals surface area contributed by atoms with Gasteiger partial charge in [0.05, 0.1) is 24.4 Å². The normalized spacial score (nSPS) is 38.2. The fourth-order valence-electron chi connectivity index (χ4n) is 4.14. The summed E-state index contributed by atoms with van der Waals surface area (Å²) in [5.41, 5.74) is 0. The molecule has 0 spiro atoms. The molecule has 0 aliphatic heterocycles. The maximum absolute atomic E-state index is 8.99. The summed E-state index contributed by atoms with van der Waals surface area (Å²) in [7, 11) is 0. The standard InChI is InChI=1S/C9H18O.C6H12O2.C5H10O2/c1-2-8-5-3-4-6-9(8)7-10;7-5-2-1-3-6(8)4-5;6-4-1-2-5(7)3-4/h8-10H,2-7H2,1H3;5-8H,1-4H2;4-7H,1-3H2. The molecule has 0 saturated heterocycles.